The van der Waals surface area contributed by atoms with Crippen molar-refractivity contribution in [3.05, 3.63) is 65.7 Å². The van der Waals surface area contributed by atoms with Gasteiger partial charge in [0.1, 0.15) is 17.4 Å². The third kappa shape index (κ3) is 6.02. The molecule has 1 saturated heterocycles. The number of nitrogens with one attached hydrogen (secondary N) is 1. The van der Waals surface area contributed by atoms with E-state index < -0.39 is 17.5 Å². The number of rotatable bonds is 8. The highest BCUT2D eigenvalue weighted by molar-refractivity contribution is 5.94. The second-order valence-electron chi connectivity index (χ2n) is 7.35. The molecule has 0 unspecified atom stereocenters. The molecule has 0 saturated carbocycles. The van der Waals surface area contributed by atoms with Crippen molar-refractivity contribution in [2.75, 3.05) is 26.2 Å². The van der Waals surface area contributed by atoms with Crippen LogP contribution in [0.25, 0.3) is 0 Å². The molecule has 0 bridgehead atoms. The third-order valence-corrected chi connectivity index (χ3v) is 5.20. The minimum atomic E-state index is -0.865. The highest BCUT2D eigenvalue weighted by Crippen LogP contribution is 2.21. The minimum absolute atomic E-state index is 0.0148. The van der Waals surface area contributed by atoms with Crippen LogP contribution in [0.2, 0.25) is 0 Å². The molecule has 2 aromatic carbocycles. The average Bonchev–Trinajstić information content (AvgIpc) is 2.76. The maximum atomic E-state index is 13.8. The lowest BCUT2D eigenvalue weighted by Gasteiger charge is -2.31. The Hall–Kier alpha value is -2.96. The zero-order valence-corrected chi connectivity index (χ0v) is 16.8. The molecule has 0 spiro atoms. The molecule has 3 rings (SSSR count). The number of halogens is 2. The highest BCUT2D eigenvalue weighted by atomic mass is 19.1. The Morgan fingerprint density at radius 3 is 2.47 bits per heavy atom. The molecule has 1 heterocycles. The number of ether oxygens (including phenoxy) is 1. The van der Waals surface area contributed by atoms with Gasteiger partial charge in [-0.25, -0.2) is 8.78 Å². The van der Waals surface area contributed by atoms with E-state index in [2.05, 4.69) is 5.32 Å². The number of amides is 2. The molecule has 7 heteroatoms. The van der Waals surface area contributed by atoms with Crippen LogP contribution in [-0.4, -0.2) is 43.0 Å². The molecule has 2 aromatic rings. The zero-order chi connectivity index (χ0) is 21.3. The molecule has 1 aliphatic rings. The van der Waals surface area contributed by atoms with E-state index in [0.717, 1.165) is 30.7 Å². The number of carbonyl (C=O) groups is 2. The smallest absolute Gasteiger partial charge is 0.256 e. The topological polar surface area (TPSA) is 58.6 Å². The standard InChI is InChI=1S/C23H26F2N2O3/c24-18-8-9-20(21(25)16-18)23(29)27-13-10-17(11-14-27)22(28)26-12-4-5-15-30-19-6-2-1-3-7-19/h1-3,6-9,16-17H,4-5,10-15H2,(H,26,28). The predicted octanol–water partition coefficient (Wildman–Crippen LogP) is 3.79. The first kappa shape index (κ1) is 21.7. The van der Waals surface area contributed by atoms with E-state index in [1.54, 1.807) is 0 Å². The van der Waals surface area contributed by atoms with Crippen LogP contribution < -0.4 is 10.1 Å². The molecule has 1 aliphatic heterocycles. The number of para-hydroxylation sites is 1. The monoisotopic (exact) mass is 416 g/mol. The molecule has 5 nitrogen and oxygen atoms in total. The van der Waals surface area contributed by atoms with Crippen LogP contribution >= 0.6 is 0 Å². The lowest BCUT2D eigenvalue weighted by Crippen LogP contribution is -2.43. The quantitative estimate of drug-likeness (QED) is 0.666. The number of carbonyl (C=O) groups excluding carboxylic acids is 2. The minimum Gasteiger partial charge on any atom is -0.494 e. The maximum Gasteiger partial charge on any atom is 0.256 e. The van der Waals surface area contributed by atoms with Crippen molar-refractivity contribution in [2.24, 2.45) is 5.92 Å². The molecular formula is C23H26F2N2O3. The van der Waals surface area contributed by atoms with Gasteiger partial charge in [-0.1, -0.05) is 18.2 Å². The fourth-order valence-corrected chi connectivity index (χ4v) is 3.47. The molecule has 0 aromatic heterocycles. The molecule has 1 N–H and O–H groups in total. The fraction of sp³-hybridized carbons (Fsp3) is 0.391. The number of hydrogen-bond acceptors (Lipinski definition) is 3. The second kappa shape index (κ2) is 10.7. The molecule has 2 amide bonds. The van der Waals surface area contributed by atoms with Crippen LogP contribution in [0.15, 0.2) is 48.5 Å². The van der Waals surface area contributed by atoms with Crippen molar-refractivity contribution in [1.29, 1.82) is 0 Å². The summed E-state index contributed by atoms with van der Waals surface area (Å²) in [5.41, 5.74) is -0.142. The second-order valence-corrected chi connectivity index (χ2v) is 7.35. The van der Waals surface area contributed by atoms with Gasteiger partial charge in [-0.2, -0.15) is 0 Å². The van der Waals surface area contributed by atoms with Gasteiger partial charge in [0.05, 0.1) is 12.2 Å². The first-order valence-electron chi connectivity index (χ1n) is 10.2. The summed E-state index contributed by atoms with van der Waals surface area (Å²) in [5, 5.41) is 2.94. The number of likely N-dealkylation sites (tertiary alicyclic amines) is 1. The van der Waals surface area contributed by atoms with Gasteiger partial charge in [0.2, 0.25) is 5.91 Å². The molecule has 160 valence electrons. The van der Waals surface area contributed by atoms with Crippen LogP contribution in [0.4, 0.5) is 8.78 Å². The summed E-state index contributed by atoms with van der Waals surface area (Å²) in [6.45, 7) is 1.93. The van der Waals surface area contributed by atoms with Crippen molar-refractivity contribution in [2.45, 2.75) is 25.7 Å². The van der Waals surface area contributed by atoms with Gasteiger partial charge in [-0.05, 0) is 49.9 Å². The van der Waals surface area contributed by atoms with Crippen molar-refractivity contribution in [3.8, 4) is 5.75 Å². The maximum absolute atomic E-state index is 13.8. The lowest BCUT2D eigenvalue weighted by molar-refractivity contribution is -0.126. The van der Waals surface area contributed by atoms with E-state index >= 15 is 0 Å². The number of hydrogen-bond donors (Lipinski definition) is 1. The number of benzene rings is 2. The summed E-state index contributed by atoms with van der Waals surface area (Å²) < 4.78 is 32.5. The van der Waals surface area contributed by atoms with Crippen molar-refractivity contribution >= 4 is 11.8 Å². The summed E-state index contributed by atoms with van der Waals surface area (Å²) in [6.07, 6.45) is 2.71. The van der Waals surface area contributed by atoms with Gasteiger partial charge in [0, 0.05) is 31.6 Å². The Kier molecular flexibility index (Phi) is 7.76. The molecule has 0 radical (unpaired) electrons. The SMILES string of the molecule is O=C(NCCCCOc1ccccc1)C1CCN(C(=O)c2ccc(F)cc2F)CC1. The largest absolute Gasteiger partial charge is 0.494 e. The van der Waals surface area contributed by atoms with E-state index in [-0.39, 0.29) is 17.4 Å². The summed E-state index contributed by atoms with van der Waals surface area (Å²) >= 11 is 0. The van der Waals surface area contributed by atoms with Crippen LogP contribution in [0.1, 0.15) is 36.0 Å². The number of unbranched alkanes of at least 4 members (excludes halogenated alkanes) is 1. The number of nitrogens with zero attached hydrogens (tertiary/aromatic N) is 1. The fourth-order valence-electron chi connectivity index (χ4n) is 3.47. The van der Waals surface area contributed by atoms with E-state index in [1.165, 1.54) is 4.90 Å². The van der Waals surface area contributed by atoms with Crippen LogP contribution in [0.5, 0.6) is 5.75 Å². The zero-order valence-electron chi connectivity index (χ0n) is 16.8. The van der Waals surface area contributed by atoms with Gasteiger partial charge in [-0.15, -0.1) is 0 Å². The van der Waals surface area contributed by atoms with Crippen molar-refractivity contribution in [3.63, 3.8) is 0 Å². The Balaban J connectivity index is 1.33. The Labute approximate surface area is 175 Å². The molecule has 30 heavy (non-hydrogen) atoms. The first-order chi connectivity index (χ1) is 14.5. The van der Waals surface area contributed by atoms with Crippen molar-refractivity contribution in [1.82, 2.24) is 10.2 Å². The first-order valence-corrected chi connectivity index (χ1v) is 10.2. The lowest BCUT2D eigenvalue weighted by atomic mass is 9.95. The Bertz CT molecular complexity index is 853. The van der Waals surface area contributed by atoms with E-state index in [9.17, 15) is 18.4 Å². The van der Waals surface area contributed by atoms with Crippen LogP contribution in [-0.2, 0) is 4.79 Å². The highest BCUT2D eigenvalue weighted by Gasteiger charge is 2.28. The normalized spacial score (nSPS) is 14.4. The van der Waals surface area contributed by atoms with E-state index in [0.29, 0.717) is 45.1 Å². The summed E-state index contributed by atoms with van der Waals surface area (Å²) in [5.74, 6) is -1.39. The van der Waals surface area contributed by atoms with E-state index in [4.69, 9.17) is 4.74 Å². The van der Waals surface area contributed by atoms with E-state index in [1.807, 2.05) is 30.3 Å². The molecule has 0 atom stereocenters. The Morgan fingerprint density at radius 2 is 1.77 bits per heavy atom. The molecule has 1 fully saturated rings. The van der Waals surface area contributed by atoms with Gasteiger partial charge in [-0.3, -0.25) is 9.59 Å². The predicted molar refractivity (Wildman–Crippen MR) is 109 cm³/mol. The third-order valence-electron chi connectivity index (χ3n) is 5.20. The summed E-state index contributed by atoms with van der Waals surface area (Å²) in [7, 11) is 0. The van der Waals surface area contributed by atoms with Gasteiger partial charge < -0.3 is 15.0 Å². The number of piperidine rings is 1. The molecule has 0 aliphatic carbocycles. The Morgan fingerprint density at radius 1 is 1.03 bits per heavy atom. The van der Waals surface area contributed by atoms with Crippen LogP contribution in [0.3, 0.4) is 0 Å². The van der Waals surface area contributed by atoms with Gasteiger partial charge >= 0.3 is 0 Å². The van der Waals surface area contributed by atoms with Gasteiger partial charge in [0.25, 0.3) is 5.91 Å². The van der Waals surface area contributed by atoms with Crippen LogP contribution in [0, 0.1) is 17.6 Å². The average molecular weight is 416 g/mol. The van der Waals surface area contributed by atoms with Crippen molar-refractivity contribution < 1.29 is 23.1 Å². The molecular weight excluding hydrogens is 390 g/mol. The van der Waals surface area contributed by atoms with Gasteiger partial charge in [0.15, 0.2) is 0 Å². The summed E-state index contributed by atoms with van der Waals surface area (Å²) in [4.78, 5) is 26.3. The summed E-state index contributed by atoms with van der Waals surface area (Å²) in [6, 6.07) is 12.5.